The van der Waals surface area contributed by atoms with Crippen molar-refractivity contribution in [3.63, 3.8) is 0 Å². The molecule has 0 aromatic heterocycles. The average Bonchev–Trinajstić information content (AvgIpc) is 2.87. The first-order chi connectivity index (χ1) is 16.7. The number of carbonyl (C=O) groups excluding carboxylic acids is 3. The summed E-state index contributed by atoms with van der Waals surface area (Å²) in [6, 6.07) is 15.7. The number of methoxy groups -OCH3 is 2. The number of hydrogen-bond acceptors (Lipinski definition) is 7. The van der Waals surface area contributed by atoms with Crippen molar-refractivity contribution in [3.05, 3.63) is 65.7 Å². The van der Waals surface area contributed by atoms with Crippen LogP contribution in [-0.2, 0) is 19.7 Å². The van der Waals surface area contributed by atoms with E-state index in [-0.39, 0.29) is 24.7 Å². The lowest BCUT2D eigenvalue weighted by atomic mass is 9.59. The van der Waals surface area contributed by atoms with E-state index in [2.05, 4.69) is 5.32 Å². The molecule has 1 aliphatic rings. The molecule has 0 bridgehead atoms. The number of nitrogens with one attached hydrogen (secondary N) is 1. The van der Waals surface area contributed by atoms with Crippen LogP contribution in [0.25, 0.3) is 0 Å². The fraction of sp³-hybridized carbons (Fsp3) is 0.444. The number of para-hydroxylation sites is 1. The summed E-state index contributed by atoms with van der Waals surface area (Å²) in [5, 5.41) is 2.74. The molecule has 3 rings (SSSR count). The number of ketones is 1. The molecule has 1 amide bonds. The minimum absolute atomic E-state index is 0.231. The minimum atomic E-state index is -1.27. The Balaban J connectivity index is 1.98. The minimum Gasteiger partial charge on any atom is -0.496 e. The maximum atomic E-state index is 13.7. The Morgan fingerprint density at radius 2 is 1.51 bits per heavy atom. The van der Waals surface area contributed by atoms with Crippen LogP contribution in [0.5, 0.6) is 5.75 Å². The van der Waals surface area contributed by atoms with Gasteiger partial charge in [0.25, 0.3) is 0 Å². The molecule has 2 aromatic rings. The van der Waals surface area contributed by atoms with Crippen LogP contribution in [0.3, 0.4) is 0 Å². The van der Waals surface area contributed by atoms with E-state index in [1.54, 1.807) is 38.1 Å². The molecule has 2 aromatic carbocycles. The first-order valence-electron chi connectivity index (χ1n) is 11.7. The molecule has 8 nitrogen and oxygen atoms in total. The van der Waals surface area contributed by atoms with Gasteiger partial charge in [0, 0.05) is 5.41 Å². The first-order valence-corrected chi connectivity index (χ1v) is 11.7. The molecule has 1 aliphatic carbocycles. The largest absolute Gasteiger partial charge is 0.496 e. The van der Waals surface area contributed by atoms with Crippen molar-refractivity contribution in [2.24, 2.45) is 5.73 Å². The number of ether oxygens (including phenoxy) is 3. The van der Waals surface area contributed by atoms with Gasteiger partial charge in [0.05, 0.1) is 31.9 Å². The lowest BCUT2D eigenvalue weighted by Crippen LogP contribution is -2.62. The number of amides is 1. The summed E-state index contributed by atoms with van der Waals surface area (Å²) in [7, 11) is 2.80. The average molecular weight is 483 g/mol. The van der Waals surface area contributed by atoms with Gasteiger partial charge < -0.3 is 25.3 Å². The van der Waals surface area contributed by atoms with Gasteiger partial charge in [0.2, 0.25) is 0 Å². The number of Topliss-reactive ketones (excluding diaryl/α,β-unsaturated/α-hetero) is 1. The predicted octanol–water partition coefficient (Wildman–Crippen LogP) is 3.76. The Morgan fingerprint density at radius 3 is 2.09 bits per heavy atom. The standard InChI is InChI=1S/C27H34N2O6/c1-18(2)35-25(32)29-27(24(31)34-4)16-14-26(15-17-27,19-10-6-5-7-11-19)23(28)22(30)20-12-8-9-13-21(20)33-3/h5-13,18,23H,14-17,28H2,1-4H3,(H,29,32). The Kier molecular flexibility index (Phi) is 8.17. The summed E-state index contributed by atoms with van der Waals surface area (Å²) in [4.78, 5) is 39.0. The summed E-state index contributed by atoms with van der Waals surface area (Å²) in [5.41, 5.74) is 6.02. The zero-order valence-electron chi connectivity index (χ0n) is 20.7. The van der Waals surface area contributed by atoms with Gasteiger partial charge in [-0.3, -0.25) is 4.79 Å². The van der Waals surface area contributed by atoms with E-state index < -0.39 is 29.1 Å². The summed E-state index contributed by atoms with van der Waals surface area (Å²) in [6.45, 7) is 3.46. The molecule has 188 valence electrons. The second kappa shape index (κ2) is 10.9. The molecule has 1 saturated carbocycles. The highest BCUT2D eigenvalue weighted by Gasteiger charge is 2.53. The van der Waals surface area contributed by atoms with Crippen molar-refractivity contribution in [2.75, 3.05) is 14.2 Å². The van der Waals surface area contributed by atoms with Crippen molar-refractivity contribution >= 4 is 17.8 Å². The van der Waals surface area contributed by atoms with Gasteiger partial charge in [-0.15, -0.1) is 0 Å². The van der Waals surface area contributed by atoms with E-state index in [1.807, 2.05) is 30.3 Å². The van der Waals surface area contributed by atoms with Gasteiger partial charge >= 0.3 is 12.1 Å². The fourth-order valence-electron chi connectivity index (χ4n) is 4.95. The zero-order valence-corrected chi connectivity index (χ0v) is 20.7. The lowest BCUT2D eigenvalue weighted by Gasteiger charge is -2.47. The van der Waals surface area contributed by atoms with Crippen LogP contribution >= 0.6 is 0 Å². The summed E-state index contributed by atoms with van der Waals surface area (Å²) in [6.07, 6.45) is 0.172. The summed E-state index contributed by atoms with van der Waals surface area (Å²) < 4.78 is 15.7. The molecule has 0 saturated heterocycles. The van der Waals surface area contributed by atoms with Crippen LogP contribution in [0.4, 0.5) is 4.79 Å². The highest BCUT2D eigenvalue weighted by molar-refractivity contribution is 6.03. The van der Waals surface area contributed by atoms with Crippen molar-refractivity contribution in [1.29, 1.82) is 0 Å². The van der Waals surface area contributed by atoms with E-state index in [4.69, 9.17) is 19.9 Å². The Labute approximate surface area is 206 Å². The van der Waals surface area contributed by atoms with Crippen molar-refractivity contribution in [3.8, 4) is 5.75 Å². The third kappa shape index (κ3) is 5.32. The fourth-order valence-corrected chi connectivity index (χ4v) is 4.95. The van der Waals surface area contributed by atoms with E-state index in [1.165, 1.54) is 14.2 Å². The number of benzene rings is 2. The number of esters is 1. The third-order valence-corrected chi connectivity index (χ3v) is 6.85. The smallest absolute Gasteiger partial charge is 0.408 e. The Bertz CT molecular complexity index is 1040. The third-order valence-electron chi connectivity index (χ3n) is 6.85. The van der Waals surface area contributed by atoms with Crippen molar-refractivity contribution in [1.82, 2.24) is 5.32 Å². The molecule has 8 heteroatoms. The molecule has 1 fully saturated rings. The molecular formula is C27H34N2O6. The number of nitrogens with two attached hydrogens (primary N) is 1. The summed E-state index contributed by atoms with van der Waals surface area (Å²) in [5.74, 6) is -0.345. The molecule has 0 radical (unpaired) electrons. The van der Waals surface area contributed by atoms with Gasteiger partial charge in [-0.1, -0.05) is 42.5 Å². The van der Waals surface area contributed by atoms with E-state index in [0.717, 1.165) is 5.56 Å². The molecule has 1 unspecified atom stereocenters. The SMILES string of the molecule is COC(=O)C1(NC(=O)OC(C)C)CCC(c2ccccc2)(C(N)C(=O)c2ccccc2OC)CC1. The number of hydrogen-bond donors (Lipinski definition) is 2. The maximum absolute atomic E-state index is 13.7. The number of rotatable bonds is 8. The predicted molar refractivity (Wildman–Crippen MR) is 131 cm³/mol. The summed E-state index contributed by atoms with van der Waals surface area (Å²) >= 11 is 0. The van der Waals surface area contributed by atoms with Gasteiger partial charge in [-0.2, -0.15) is 0 Å². The number of alkyl carbamates (subject to hydrolysis) is 1. The second-order valence-corrected chi connectivity index (χ2v) is 9.22. The van der Waals surface area contributed by atoms with Crippen molar-refractivity contribution in [2.45, 2.75) is 62.6 Å². The van der Waals surface area contributed by atoms with Crippen LogP contribution < -0.4 is 15.8 Å². The molecule has 1 atom stereocenters. The van der Waals surface area contributed by atoms with Gasteiger partial charge in [-0.05, 0) is 57.2 Å². The monoisotopic (exact) mass is 482 g/mol. The van der Waals surface area contributed by atoms with Crippen LogP contribution in [0.1, 0.15) is 55.5 Å². The van der Waals surface area contributed by atoms with Gasteiger partial charge in [-0.25, -0.2) is 9.59 Å². The van der Waals surface area contributed by atoms with Crippen LogP contribution in [0, 0.1) is 0 Å². The lowest BCUT2D eigenvalue weighted by molar-refractivity contribution is -0.150. The topological polar surface area (TPSA) is 117 Å². The highest BCUT2D eigenvalue weighted by atomic mass is 16.6. The van der Waals surface area contributed by atoms with E-state index in [0.29, 0.717) is 24.2 Å². The van der Waals surface area contributed by atoms with Crippen LogP contribution in [0.2, 0.25) is 0 Å². The number of carbonyl (C=O) groups is 3. The van der Waals surface area contributed by atoms with Crippen molar-refractivity contribution < 1.29 is 28.6 Å². The Hall–Kier alpha value is -3.39. The Morgan fingerprint density at radius 1 is 0.914 bits per heavy atom. The molecule has 0 heterocycles. The van der Waals surface area contributed by atoms with Gasteiger partial charge in [0.1, 0.15) is 11.3 Å². The molecule has 0 aliphatic heterocycles. The zero-order chi connectivity index (χ0) is 25.6. The van der Waals surface area contributed by atoms with Crippen LogP contribution in [0.15, 0.2) is 54.6 Å². The molecule has 0 spiro atoms. The van der Waals surface area contributed by atoms with Gasteiger partial charge in [0.15, 0.2) is 5.78 Å². The molecule has 35 heavy (non-hydrogen) atoms. The van der Waals surface area contributed by atoms with E-state index >= 15 is 0 Å². The van der Waals surface area contributed by atoms with E-state index in [9.17, 15) is 14.4 Å². The van der Waals surface area contributed by atoms with Crippen LogP contribution in [-0.4, -0.2) is 49.8 Å². The highest BCUT2D eigenvalue weighted by Crippen LogP contribution is 2.46. The molecule has 3 N–H and O–H groups in total. The second-order valence-electron chi connectivity index (χ2n) is 9.22. The molecular weight excluding hydrogens is 448 g/mol. The maximum Gasteiger partial charge on any atom is 0.408 e. The first kappa shape index (κ1) is 26.2. The quantitative estimate of drug-likeness (QED) is 0.434. The normalized spacial score (nSPS) is 22.7.